The topological polar surface area (TPSA) is 77.4 Å². The first kappa shape index (κ1) is 21.3. The third kappa shape index (κ3) is 2.85. The molecule has 2 heterocycles. The van der Waals surface area contributed by atoms with Gasteiger partial charge in [-0.25, -0.2) is 0 Å². The molecule has 0 unspecified atom stereocenters. The molecule has 6 rings (SSSR count). The van der Waals surface area contributed by atoms with Crippen molar-refractivity contribution in [2.45, 2.75) is 82.9 Å². The highest BCUT2D eigenvalue weighted by atomic mass is 16.7. The van der Waals surface area contributed by atoms with Gasteiger partial charge in [0.1, 0.15) is 0 Å². The van der Waals surface area contributed by atoms with Gasteiger partial charge >= 0.3 is 0 Å². The molecule has 2 N–H and O–H groups in total. The first-order chi connectivity index (χ1) is 14.9. The fourth-order valence-electron chi connectivity index (χ4n) is 9.68. The van der Waals surface area contributed by atoms with Gasteiger partial charge in [0.05, 0.1) is 32.5 Å². The van der Waals surface area contributed by atoms with Crippen molar-refractivity contribution in [3.05, 3.63) is 0 Å². The summed E-state index contributed by atoms with van der Waals surface area (Å²) in [5, 5.41) is 22.5. The molecular weight excluding hydrogens is 396 g/mol. The third-order valence-electron chi connectivity index (χ3n) is 10.9. The second kappa shape index (κ2) is 7.13. The zero-order valence-corrected chi connectivity index (χ0v) is 19.2. The summed E-state index contributed by atoms with van der Waals surface area (Å²) in [6, 6.07) is 0. The van der Waals surface area contributed by atoms with Crippen LogP contribution in [0, 0.1) is 40.4 Å². The summed E-state index contributed by atoms with van der Waals surface area (Å²) in [5.74, 6) is 0.892. The predicted octanol–water partition coefficient (Wildman–Crippen LogP) is 3.09. The molecule has 6 heteroatoms. The van der Waals surface area contributed by atoms with Crippen LogP contribution in [0.5, 0.6) is 0 Å². The van der Waals surface area contributed by atoms with Crippen LogP contribution in [0.1, 0.15) is 65.2 Å². The molecule has 2 aliphatic heterocycles. The average molecular weight is 437 g/mol. The minimum absolute atomic E-state index is 0.118. The van der Waals surface area contributed by atoms with E-state index < -0.39 is 5.79 Å². The molecule has 6 nitrogen and oxygen atoms in total. The van der Waals surface area contributed by atoms with Crippen molar-refractivity contribution in [2.24, 2.45) is 40.4 Å². The Bertz CT molecular complexity index is 700. The Morgan fingerprint density at radius 3 is 2.26 bits per heavy atom. The van der Waals surface area contributed by atoms with Gasteiger partial charge in [-0.1, -0.05) is 6.92 Å². The molecule has 176 valence electrons. The summed E-state index contributed by atoms with van der Waals surface area (Å²) in [6.07, 6.45) is 7.69. The van der Waals surface area contributed by atoms with Gasteiger partial charge in [-0.15, -0.1) is 0 Å². The lowest BCUT2D eigenvalue weighted by molar-refractivity contribution is -0.260. The van der Waals surface area contributed by atoms with E-state index in [4.69, 9.17) is 18.9 Å². The standard InChI is InChI=1S/C25H40O6/c1-22-7-8-25(30-11-12-31-25)13-16(22)3-4-17-18-5-6-20(23(2)28-9-10-29-23)24(18,15-26)14-19(27)21(17)22/h16-21,26-27H,3-15H2,1-2H3/t16-,17+,18+,19+,20-,21+,22-,24-/m0/s1. The molecule has 6 aliphatic rings. The van der Waals surface area contributed by atoms with Gasteiger partial charge in [0.25, 0.3) is 0 Å². The third-order valence-corrected chi connectivity index (χ3v) is 10.9. The molecule has 4 aliphatic carbocycles. The molecule has 0 amide bonds. The highest BCUT2D eigenvalue weighted by Crippen LogP contribution is 2.69. The van der Waals surface area contributed by atoms with Gasteiger partial charge < -0.3 is 29.2 Å². The van der Waals surface area contributed by atoms with Gasteiger partial charge in [0.2, 0.25) is 0 Å². The van der Waals surface area contributed by atoms with Crippen LogP contribution in [0.2, 0.25) is 0 Å². The number of aliphatic hydroxyl groups is 2. The second-order valence-corrected chi connectivity index (χ2v) is 11.9. The minimum Gasteiger partial charge on any atom is -0.396 e. The van der Waals surface area contributed by atoms with Crippen LogP contribution >= 0.6 is 0 Å². The van der Waals surface area contributed by atoms with Crippen molar-refractivity contribution < 1.29 is 29.2 Å². The van der Waals surface area contributed by atoms with E-state index in [0.29, 0.717) is 56.5 Å². The fraction of sp³-hybridized carbons (Fsp3) is 1.00. The van der Waals surface area contributed by atoms with E-state index in [9.17, 15) is 10.2 Å². The highest BCUT2D eigenvalue weighted by molar-refractivity contribution is 5.15. The van der Waals surface area contributed by atoms with Crippen LogP contribution in [0.25, 0.3) is 0 Å². The van der Waals surface area contributed by atoms with Crippen LogP contribution in [0.15, 0.2) is 0 Å². The molecule has 4 saturated carbocycles. The number of fused-ring (bicyclic) bond motifs is 5. The van der Waals surface area contributed by atoms with E-state index in [0.717, 1.165) is 38.5 Å². The van der Waals surface area contributed by atoms with Crippen LogP contribution in [-0.2, 0) is 18.9 Å². The van der Waals surface area contributed by atoms with E-state index in [1.165, 1.54) is 6.42 Å². The van der Waals surface area contributed by atoms with Gasteiger partial charge in [0.15, 0.2) is 11.6 Å². The van der Waals surface area contributed by atoms with Crippen LogP contribution < -0.4 is 0 Å². The number of rotatable bonds is 2. The fourth-order valence-corrected chi connectivity index (χ4v) is 9.68. The van der Waals surface area contributed by atoms with E-state index in [-0.39, 0.29) is 35.2 Å². The lowest BCUT2D eigenvalue weighted by atomic mass is 9.43. The van der Waals surface area contributed by atoms with Gasteiger partial charge in [-0.3, -0.25) is 0 Å². The highest BCUT2D eigenvalue weighted by Gasteiger charge is 2.68. The van der Waals surface area contributed by atoms with Crippen molar-refractivity contribution in [3.63, 3.8) is 0 Å². The Morgan fingerprint density at radius 2 is 1.55 bits per heavy atom. The van der Waals surface area contributed by atoms with Crippen molar-refractivity contribution in [3.8, 4) is 0 Å². The van der Waals surface area contributed by atoms with Crippen LogP contribution in [0.3, 0.4) is 0 Å². The Balaban J connectivity index is 1.30. The zero-order chi connectivity index (χ0) is 21.5. The maximum atomic E-state index is 11.7. The zero-order valence-electron chi connectivity index (χ0n) is 19.2. The molecule has 31 heavy (non-hydrogen) atoms. The first-order valence-electron chi connectivity index (χ1n) is 12.7. The number of aliphatic hydroxyl groups excluding tert-OH is 2. The average Bonchev–Trinajstić information content (AvgIpc) is 3.48. The van der Waals surface area contributed by atoms with Crippen molar-refractivity contribution in [1.29, 1.82) is 0 Å². The van der Waals surface area contributed by atoms with E-state index in [2.05, 4.69) is 13.8 Å². The summed E-state index contributed by atoms with van der Waals surface area (Å²) >= 11 is 0. The Hall–Kier alpha value is -0.240. The maximum Gasteiger partial charge on any atom is 0.169 e. The first-order valence-corrected chi connectivity index (χ1v) is 12.7. The SMILES string of the molecule is CC1([C@@H]2CC[C@@H]3[C@H]4CC[C@H]5CC6(CC[C@]5(C)[C@H]4[C@H](O)C[C@]32CO)OCCO6)OCCO1. The Labute approximate surface area is 186 Å². The number of hydrogen-bond donors (Lipinski definition) is 2. The van der Waals surface area contributed by atoms with E-state index in [1.54, 1.807) is 0 Å². The predicted molar refractivity (Wildman–Crippen MR) is 113 cm³/mol. The number of ether oxygens (including phenoxy) is 4. The van der Waals surface area contributed by atoms with E-state index >= 15 is 0 Å². The van der Waals surface area contributed by atoms with Gasteiger partial charge in [-0.2, -0.15) is 0 Å². The normalized spacial score (nSPS) is 52.6. The summed E-state index contributed by atoms with van der Waals surface area (Å²) < 4.78 is 24.3. The molecule has 1 spiro atoms. The molecule has 0 radical (unpaired) electrons. The Kier molecular flexibility index (Phi) is 4.90. The molecule has 0 aromatic carbocycles. The summed E-state index contributed by atoms with van der Waals surface area (Å²) in [6.45, 7) is 7.29. The van der Waals surface area contributed by atoms with Crippen molar-refractivity contribution in [1.82, 2.24) is 0 Å². The molecular formula is C25H40O6. The molecule has 0 bridgehead atoms. The number of hydrogen-bond acceptors (Lipinski definition) is 6. The molecule has 2 saturated heterocycles. The molecule has 6 fully saturated rings. The lowest BCUT2D eigenvalue weighted by Gasteiger charge is -2.63. The largest absolute Gasteiger partial charge is 0.396 e. The summed E-state index contributed by atoms with van der Waals surface area (Å²) in [5.41, 5.74) is -0.177. The quantitative estimate of drug-likeness (QED) is 0.693. The summed E-state index contributed by atoms with van der Waals surface area (Å²) in [7, 11) is 0. The lowest BCUT2D eigenvalue weighted by Crippen LogP contribution is -2.62. The second-order valence-electron chi connectivity index (χ2n) is 11.9. The smallest absolute Gasteiger partial charge is 0.169 e. The minimum atomic E-state index is -0.625. The van der Waals surface area contributed by atoms with Gasteiger partial charge in [0, 0.05) is 30.8 Å². The van der Waals surface area contributed by atoms with Crippen molar-refractivity contribution in [2.75, 3.05) is 33.0 Å². The van der Waals surface area contributed by atoms with Gasteiger partial charge in [-0.05, 0) is 74.5 Å². The molecule has 0 aromatic heterocycles. The maximum absolute atomic E-state index is 11.7. The van der Waals surface area contributed by atoms with Crippen molar-refractivity contribution >= 4 is 0 Å². The van der Waals surface area contributed by atoms with E-state index in [1.807, 2.05) is 0 Å². The van der Waals surface area contributed by atoms with Crippen LogP contribution in [-0.4, -0.2) is 60.9 Å². The summed E-state index contributed by atoms with van der Waals surface area (Å²) in [4.78, 5) is 0. The molecule has 0 aromatic rings. The Morgan fingerprint density at radius 1 is 0.839 bits per heavy atom. The molecule has 8 atom stereocenters. The van der Waals surface area contributed by atoms with Crippen LogP contribution in [0.4, 0.5) is 0 Å². The monoisotopic (exact) mass is 436 g/mol.